The van der Waals surface area contributed by atoms with E-state index in [4.69, 9.17) is 0 Å². The summed E-state index contributed by atoms with van der Waals surface area (Å²) in [6.07, 6.45) is 10.0. The quantitative estimate of drug-likeness (QED) is 0.844. The smallest absolute Gasteiger partial charge is 0.222 e. The van der Waals surface area contributed by atoms with Crippen molar-refractivity contribution < 1.29 is 9.59 Å². The normalized spacial score (nSPS) is 22.1. The molecule has 1 aromatic heterocycles. The molecule has 2 amide bonds. The topological polar surface area (TPSA) is 65.5 Å². The summed E-state index contributed by atoms with van der Waals surface area (Å²) in [4.78, 5) is 32.8. The van der Waals surface area contributed by atoms with Crippen molar-refractivity contribution in [3.05, 3.63) is 30.1 Å². The molecule has 2 fully saturated rings. The number of amides is 2. The van der Waals surface area contributed by atoms with Crippen molar-refractivity contribution in [3.8, 4) is 0 Å². The Bertz CT molecular complexity index is 593. The zero-order valence-electron chi connectivity index (χ0n) is 15.5. The molecule has 2 saturated heterocycles. The van der Waals surface area contributed by atoms with Crippen molar-refractivity contribution in [2.75, 3.05) is 26.2 Å². The third kappa shape index (κ3) is 5.80. The lowest BCUT2D eigenvalue weighted by Gasteiger charge is -2.33. The first-order valence-corrected chi connectivity index (χ1v) is 9.89. The minimum absolute atomic E-state index is 0.0651. The number of nitrogens with one attached hydrogen (secondary N) is 1. The highest BCUT2D eigenvalue weighted by Gasteiger charge is 2.22. The Labute approximate surface area is 156 Å². The van der Waals surface area contributed by atoms with E-state index in [0.29, 0.717) is 19.4 Å². The summed E-state index contributed by atoms with van der Waals surface area (Å²) in [6.45, 7) is 4.17. The maximum absolute atomic E-state index is 12.3. The van der Waals surface area contributed by atoms with Crippen LogP contribution in [0.5, 0.6) is 0 Å². The predicted octanol–water partition coefficient (Wildman–Crippen LogP) is 1.95. The zero-order valence-corrected chi connectivity index (χ0v) is 15.5. The van der Waals surface area contributed by atoms with Gasteiger partial charge in [-0.2, -0.15) is 0 Å². The highest BCUT2D eigenvalue weighted by molar-refractivity contribution is 5.79. The molecule has 6 heteroatoms. The molecule has 2 aliphatic heterocycles. The SMILES string of the molecule is O=C(CCN1CCCCCC1=O)N[C@@H]1CCCN(Cc2cccnc2)C1. The van der Waals surface area contributed by atoms with Crippen LogP contribution in [0.15, 0.2) is 24.5 Å². The molecule has 142 valence electrons. The molecule has 3 heterocycles. The van der Waals surface area contributed by atoms with Crippen molar-refractivity contribution in [2.24, 2.45) is 0 Å². The van der Waals surface area contributed by atoms with Gasteiger partial charge < -0.3 is 10.2 Å². The largest absolute Gasteiger partial charge is 0.352 e. The van der Waals surface area contributed by atoms with Crippen molar-refractivity contribution >= 4 is 11.8 Å². The van der Waals surface area contributed by atoms with Crippen LogP contribution in [-0.2, 0) is 16.1 Å². The number of hydrogen-bond donors (Lipinski definition) is 1. The number of carbonyl (C=O) groups excluding carboxylic acids is 2. The lowest BCUT2D eigenvalue weighted by molar-refractivity contribution is -0.131. The van der Waals surface area contributed by atoms with Crippen LogP contribution in [0.1, 0.15) is 50.5 Å². The monoisotopic (exact) mass is 358 g/mol. The second kappa shape index (κ2) is 9.67. The van der Waals surface area contributed by atoms with Gasteiger partial charge in [-0.25, -0.2) is 0 Å². The second-order valence-corrected chi connectivity index (χ2v) is 7.44. The van der Waals surface area contributed by atoms with E-state index < -0.39 is 0 Å². The van der Waals surface area contributed by atoms with Gasteiger partial charge in [-0.15, -0.1) is 0 Å². The number of likely N-dealkylation sites (tertiary alicyclic amines) is 2. The second-order valence-electron chi connectivity index (χ2n) is 7.44. The first-order valence-electron chi connectivity index (χ1n) is 9.89. The molecule has 6 nitrogen and oxygen atoms in total. The highest BCUT2D eigenvalue weighted by atomic mass is 16.2. The Balaban J connectivity index is 1.41. The molecule has 0 spiro atoms. The maximum atomic E-state index is 12.3. The third-order valence-electron chi connectivity index (χ3n) is 5.28. The van der Waals surface area contributed by atoms with E-state index in [1.807, 2.05) is 17.2 Å². The van der Waals surface area contributed by atoms with Crippen molar-refractivity contribution in [2.45, 2.75) is 57.5 Å². The van der Waals surface area contributed by atoms with E-state index in [-0.39, 0.29) is 17.9 Å². The number of pyridine rings is 1. The molecule has 0 radical (unpaired) electrons. The minimum Gasteiger partial charge on any atom is -0.352 e. The molecule has 1 aromatic rings. The van der Waals surface area contributed by atoms with Crippen LogP contribution in [0.3, 0.4) is 0 Å². The molecule has 26 heavy (non-hydrogen) atoms. The molecule has 0 aliphatic carbocycles. The average Bonchev–Trinajstić information content (AvgIpc) is 2.85. The summed E-state index contributed by atoms with van der Waals surface area (Å²) in [7, 11) is 0. The Morgan fingerprint density at radius 2 is 2.15 bits per heavy atom. The van der Waals surface area contributed by atoms with Crippen LogP contribution >= 0.6 is 0 Å². The van der Waals surface area contributed by atoms with Crippen molar-refractivity contribution in [3.63, 3.8) is 0 Å². The van der Waals surface area contributed by atoms with E-state index in [1.54, 1.807) is 6.20 Å². The van der Waals surface area contributed by atoms with E-state index in [2.05, 4.69) is 21.3 Å². The fourth-order valence-electron chi connectivity index (χ4n) is 3.88. The standard InChI is InChI=1S/C20H30N4O2/c25-19(9-13-24-12-3-1-2-8-20(24)26)22-18-7-5-11-23(16-18)15-17-6-4-10-21-14-17/h4,6,10,14,18H,1-3,5,7-9,11-13,15-16H2,(H,22,25)/t18-/m1/s1. The first kappa shape index (κ1) is 18.8. The predicted molar refractivity (Wildman–Crippen MR) is 100 cm³/mol. The van der Waals surface area contributed by atoms with Gasteiger partial charge in [0, 0.05) is 57.5 Å². The Morgan fingerprint density at radius 3 is 3.00 bits per heavy atom. The fourth-order valence-corrected chi connectivity index (χ4v) is 3.88. The van der Waals surface area contributed by atoms with Gasteiger partial charge in [-0.3, -0.25) is 19.5 Å². The van der Waals surface area contributed by atoms with Crippen LogP contribution < -0.4 is 5.32 Å². The number of carbonyl (C=O) groups is 2. The Hall–Kier alpha value is -1.95. The summed E-state index contributed by atoms with van der Waals surface area (Å²) in [5.74, 6) is 0.269. The van der Waals surface area contributed by atoms with Crippen LogP contribution in [0.25, 0.3) is 0 Å². The zero-order chi connectivity index (χ0) is 18.2. The molecule has 1 atom stereocenters. The molecule has 1 N–H and O–H groups in total. The van der Waals surface area contributed by atoms with Crippen LogP contribution in [0.2, 0.25) is 0 Å². The van der Waals surface area contributed by atoms with Crippen LogP contribution in [0, 0.1) is 0 Å². The number of nitrogens with zero attached hydrogens (tertiary/aromatic N) is 3. The Morgan fingerprint density at radius 1 is 1.23 bits per heavy atom. The summed E-state index contributed by atoms with van der Waals surface area (Å²) in [5.41, 5.74) is 1.21. The summed E-state index contributed by atoms with van der Waals surface area (Å²) in [6, 6.07) is 4.25. The van der Waals surface area contributed by atoms with Gasteiger partial charge in [0.25, 0.3) is 0 Å². The van der Waals surface area contributed by atoms with Crippen LogP contribution in [-0.4, -0.2) is 58.8 Å². The van der Waals surface area contributed by atoms with Gasteiger partial charge in [0.05, 0.1) is 0 Å². The summed E-state index contributed by atoms with van der Waals surface area (Å²) < 4.78 is 0. The number of piperidine rings is 1. The van der Waals surface area contributed by atoms with Gasteiger partial charge in [0.15, 0.2) is 0 Å². The van der Waals surface area contributed by atoms with E-state index >= 15 is 0 Å². The molecule has 3 rings (SSSR count). The van der Waals surface area contributed by atoms with E-state index in [9.17, 15) is 9.59 Å². The Kier molecular flexibility index (Phi) is 7.00. The molecular weight excluding hydrogens is 328 g/mol. The van der Waals surface area contributed by atoms with Gasteiger partial charge in [0.2, 0.25) is 11.8 Å². The van der Waals surface area contributed by atoms with Gasteiger partial charge in [0.1, 0.15) is 0 Å². The minimum atomic E-state index is 0.0651. The van der Waals surface area contributed by atoms with E-state index in [1.165, 1.54) is 5.56 Å². The fraction of sp³-hybridized carbons (Fsp3) is 0.650. The average molecular weight is 358 g/mol. The lowest BCUT2D eigenvalue weighted by Crippen LogP contribution is -2.48. The molecule has 0 aromatic carbocycles. The third-order valence-corrected chi connectivity index (χ3v) is 5.28. The highest BCUT2D eigenvalue weighted by Crippen LogP contribution is 2.14. The van der Waals surface area contributed by atoms with Crippen molar-refractivity contribution in [1.82, 2.24) is 20.1 Å². The molecule has 2 aliphatic rings. The number of aromatic nitrogens is 1. The van der Waals surface area contributed by atoms with Gasteiger partial charge >= 0.3 is 0 Å². The first-order chi connectivity index (χ1) is 12.7. The van der Waals surface area contributed by atoms with Gasteiger partial charge in [-0.05, 0) is 43.9 Å². The summed E-state index contributed by atoms with van der Waals surface area (Å²) >= 11 is 0. The molecule has 0 bridgehead atoms. The van der Waals surface area contributed by atoms with Gasteiger partial charge in [-0.1, -0.05) is 12.5 Å². The van der Waals surface area contributed by atoms with E-state index in [0.717, 1.165) is 58.3 Å². The molecule has 0 unspecified atom stereocenters. The number of hydrogen-bond acceptors (Lipinski definition) is 4. The number of rotatable bonds is 6. The molecule has 0 saturated carbocycles. The summed E-state index contributed by atoms with van der Waals surface area (Å²) in [5, 5.41) is 3.17. The lowest BCUT2D eigenvalue weighted by atomic mass is 10.0. The molecular formula is C20H30N4O2. The van der Waals surface area contributed by atoms with Crippen molar-refractivity contribution in [1.29, 1.82) is 0 Å². The maximum Gasteiger partial charge on any atom is 0.222 e. The van der Waals surface area contributed by atoms with Crippen LogP contribution in [0.4, 0.5) is 0 Å².